The molecule has 20 nitrogen and oxygen atoms in total. The van der Waals surface area contributed by atoms with Gasteiger partial charge in [0.1, 0.15) is 60.4 Å². The van der Waals surface area contributed by atoms with E-state index in [1.165, 1.54) is 0 Å². The molecule has 84 heavy (non-hydrogen) atoms. The molecule has 0 aromatic heterocycles. The van der Waals surface area contributed by atoms with Gasteiger partial charge in [-0.3, -0.25) is 47.9 Å². The first kappa shape index (κ1) is 71.4. The monoisotopic (exact) mass is 1170 g/mol. The number of amides is 10. The van der Waals surface area contributed by atoms with Crippen LogP contribution in [-0.2, 0) is 60.8 Å². The quantitative estimate of drug-likeness (QED) is 0.0961. The maximum Gasteiger partial charge on any atom is 0.243 e. The lowest BCUT2D eigenvalue weighted by Crippen LogP contribution is -2.62. The third kappa shape index (κ3) is 24.8. The fraction of sp³-hybridized carbons (Fsp3) is 0.656. The summed E-state index contributed by atoms with van der Waals surface area (Å²) in [5.41, 5.74) is 1.38. The first-order chi connectivity index (χ1) is 39.3. The molecule has 1 aliphatic heterocycles. The van der Waals surface area contributed by atoms with Crippen LogP contribution in [0.3, 0.4) is 0 Å². The van der Waals surface area contributed by atoms with E-state index in [-0.39, 0.29) is 86.9 Å². The van der Waals surface area contributed by atoms with E-state index in [0.717, 1.165) is 0 Å². The van der Waals surface area contributed by atoms with Gasteiger partial charge in [-0.05, 0) is 97.0 Å². The van der Waals surface area contributed by atoms with E-state index < -0.39 is 131 Å². The van der Waals surface area contributed by atoms with Crippen LogP contribution in [0.5, 0.6) is 0 Å². The van der Waals surface area contributed by atoms with Gasteiger partial charge in [0.25, 0.3) is 0 Å². The normalized spacial score (nSPS) is 25.0. The number of nitrogens with one attached hydrogen (secondary N) is 10. The van der Waals surface area contributed by atoms with Crippen molar-refractivity contribution < 1.29 is 47.9 Å². The molecule has 3 rings (SSSR count). The number of benzene rings is 2. The number of carbonyl (C=O) groups excluding carboxylic acids is 10. The van der Waals surface area contributed by atoms with Gasteiger partial charge in [-0.25, -0.2) is 0 Å². The van der Waals surface area contributed by atoms with E-state index in [0.29, 0.717) is 11.1 Å². The SMILES string of the molecule is CC(C)C[C@@H]1NC(=O)[C@H](C(C)C)NC(=O)[C@H](CC(C)C)NC(=O)[C@@H](CC(C)C)NC(=O)[C@@H](Cc2ccccc2)NC(=O)[C@H](CC(C)C)NC(=O)[C@H](C(C)C)NC(=O)[C@H](CC(C)C)NC(=O)[C@@H](CC(C)C)NC(=O)[C@@H](Cc2ccccc2)NC1=O. The van der Waals surface area contributed by atoms with Crippen LogP contribution < -0.4 is 53.2 Å². The molecule has 1 aliphatic rings. The largest absolute Gasteiger partial charge is 0.343 e. The Morgan fingerprint density at radius 2 is 0.429 bits per heavy atom. The lowest BCUT2D eigenvalue weighted by molar-refractivity contribution is -0.137. The third-order valence-corrected chi connectivity index (χ3v) is 14.4. The zero-order valence-corrected chi connectivity index (χ0v) is 52.9. The topological polar surface area (TPSA) is 291 Å². The van der Waals surface area contributed by atoms with E-state index in [1.54, 1.807) is 76.2 Å². The summed E-state index contributed by atoms with van der Waals surface area (Å²) in [5, 5.41) is 28.6. The molecule has 0 spiro atoms. The molecule has 0 bridgehead atoms. The molecule has 0 radical (unpaired) electrons. The molecule has 1 saturated heterocycles. The second-order valence-electron chi connectivity index (χ2n) is 26.1. The standard InChI is InChI=1S/C64H102N10O10/c1-35(2)27-45-55(75)67-49(31-39(9)10)61(81)73-53(41(13)14)63(83)72-48(30-38(7)8)58(78)70-52(34-44-25-21-18-22-26-44)60(80)66-46(28-36(3)4)56(76)68-50(32-40(11)12)62(82)74-54(42(15)16)64(84)71-47(29-37(5)6)57(77)69-51(59(79)65-45)33-43-23-19-17-20-24-43/h17-26,35-42,45-54H,27-34H2,1-16H3,(H,65,79)(H,66,80)(H,67,75)(H,68,76)(H,69,77)(H,70,78)(H,71,84)(H,72,83)(H,73,81)(H,74,82)/t45-,46-,47+,48+,49+,50+,51-,52-,53+,54+/m1/s1. The molecule has 0 unspecified atom stereocenters. The van der Waals surface area contributed by atoms with Crippen LogP contribution >= 0.6 is 0 Å². The highest BCUT2D eigenvalue weighted by molar-refractivity contribution is 5.99. The van der Waals surface area contributed by atoms with Crippen LogP contribution in [0.2, 0.25) is 0 Å². The minimum absolute atomic E-state index is 0.00287. The number of hydrogen-bond donors (Lipinski definition) is 10. The van der Waals surface area contributed by atoms with Gasteiger partial charge in [0, 0.05) is 12.8 Å². The Balaban J connectivity index is 2.29. The van der Waals surface area contributed by atoms with Crippen LogP contribution in [0.1, 0.15) is 160 Å². The fourth-order valence-corrected chi connectivity index (χ4v) is 10.1. The highest BCUT2D eigenvalue weighted by Crippen LogP contribution is 2.17. The molecule has 0 saturated carbocycles. The molecule has 2 aromatic carbocycles. The molecule has 10 atom stereocenters. The fourth-order valence-electron chi connectivity index (χ4n) is 10.1. The first-order valence-electron chi connectivity index (χ1n) is 30.5. The minimum atomic E-state index is -1.27. The first-order valence-corrected chi connectivity index (χ1v) is 30.5. The van der Waals surface area contributed by atoms with Crippen molar-refractivity contribution >= 4 is 59.1 Å². The van der Waals surface area contributed by atoms with Crippen LogP contribution in [0.25, 0.3) is 0 Å². The van der Waals surface area contributed by atoms with Crippen LogP contribution in [0.4, 0.5) is 0 Å². The minimum Gasteiger partial charge on any atom is -0.343 e. The van der Waals surface area contributed by atoms with Gasteiger partial charge < -0.3 is 53.2 Å². The van der Waals surface area contributed by atoms with E-state index in [2.05, 4.69) is 53.2 Å². The smallest absolute Gasteiger partial charge is 0.243 e. The van der Waals surface area contributed by atoms with E-state index in [1.807, 2.05) is 95.2 Å². The van der Waals surface area contributed by atoms with Crippen molar-refractivity contribution in [2.24, 2.45) is 47.3 Å². The highest BCUT2D eigenvalue weighted by Gasteiger charge is 2.39. The zero-order chi connectivity index (χ0) is 63.1. The van der Waals surface area contributed by atoms with Crippen molar-refractivity contribution in [1.29, 1.82) is 0 Å². The predicted octanol–water partition coefficient (Wildman–Crippen LogP) is 4.92. The number of carbonyl (C=O) groups is 10. The summed E-state index contributed by atoms with van der Waals surface area (Å²) < 4.78 is 0. The summed E-state index contributed by atoms with van der Waals surface area (Å²) >= 11 is 0. The Hall–Kier alpha value is -6.86. The van der Waals surface area contributed by atoms with E-state index >= 15 is 0 Å². The van der Waals surface area contributed by atoms with E-state index in [9.17, 15) is 47.9 Å². The summed E-state index contributed by atoms with van der Waals surface area (Å²) in [4.78, 5) is 146. The maximum absolute atomic E-state index is 14.7. The number of rotatable bonds is 18. The number of hydrogen-bond acceptors (Lipinski definition) is 10. The van der Waals surface area contributed by atoms with Crippen molar-refractivity contribution in [1.82, 2.24) is 53.2 Å². The molecule has 1 heterocycles. The van der Waals surface area contributed by atoms with Gasteiger partial charge in [-0.15, -0.1) is 0 Å². The molecule has 468 valence electrons. The van der Waals surface area contributed by atoms with Gasteiger partial charge >= 0.3 is 0 Å². The average molecular weight is 1170 g/mol. The molecule has 1 fully saturated rings. The molecule has 10 amide bonds. The van der Waals surface area contributed by atoms with Gasteiger partial charge in [-0.1, -0.05) is 171 Å². The second kappa shape index (κ2) is 34.8. The van der Waals surface area contributed by atoms with Crippen LogP contribution in [0.15, 0.2) is 60.7 Å². The molecule has 0 aliphatic carbocycles. The van der Waals surface area contributed by atoms with Crippen molar-refractivity contribution in [2.75, 3.05) is 0 Å². The molecular formula is C64H102N10O10. The van der Waals surface area contributed by atoms with Gasteiger partial charge in [-0.2, -0.15) is 0 Å². The molecule has 2 aromatic rings. The highest BCUT2D eigenvalue weighted by atomic mass is 16.2. The summed E-state index contributed by atoms with van der Waals surface area (Å²) in [6, 6.07) is 5.81. The summed E-state index contributed by atoms with van der Waals surface area (Å²) in [6.07, 6.45) is 0.827. The third-order valence-electron chi connectivity index (χ3n) is 14.4. The van der Waals surface area contributed by atoms with Crippen LogP contribution in [-0.4, -0.2) is 119 Å². The Labute approximate surface area is 500 Å². The summed E-state index contributed by atoms with van der Waals surface area (Å²) in [7, 11) is 0. The Kier molecular flexibility index (Phi) is 29.6. The van der Waals surface area contributed by atoms with E-state index in [4.69, 9.17) is 0 Å². The Morgan fingerprint density at radius 3 is 0.631 bits per heavy atom. The second-order valence-corrected chi connectivity index (χ2v) is 26.1. The van der Waals surface area contributed by atoms with Crippen molar-refractivity contribution in [3.05, 3.63) is 71.8 Å². The van der Waals surface area contributed by atoms with Gasteiger partial charge in [0.15, 0.2) is 0 Å². The zero-order valence-electron chi connectivity index (χ0n) is 52.9. The van der Waals surface area contributed by atoms with Gasteiger partial charge in [0.2, 0.25) is 59.1 Å². The van der Waals surface area contributed by atoms with Crippen molar-refractivity contribution in [2.45, 2.75) is 223 Å². The molecular weight excluding hydrogens is 1070 g/mol. The molecule has 10 N–H and O–H groups in total. The van der Waals surface area contributed by atoms with Crippen molar-refractivity contribution in [3.8, 4) is 0 Å². The Morgan fingerprint density at radius 1 is 0.250 bits per heavy atom. The van der Waals surface area contributed by atoms with Crippen molar-refractivity contribution in [3.63, 3.8) is 0 Å². The average Bonchev–Trinajstić information content (AvgIpc) is 3.14. The summed E-state index contributed by atoms with van der Waals surface area (Å²) in [5.74, 6) is -8.73. The molecule has 20 heteroatoms. The maximum atomic E-state index is 14.7. The summed E-state index contributed by atoms with van der Waals surface area (Å²) in [6.45, 7) is 29.4. The lowest BCUT2D eigenvalue weighted by Gasteiger charge is -2.31. The Bertz CT molecular complexity index is 2310. The lowest BCUT2D eigenvalue weighted by atomic mass is 9.96. The van der Waals surface area contributed by atoms with Gasteiger partial charge in [0.05, 0.1) is 0 Å². The predicted molar refractivity (Wildman–Crippen MR) is 326 cm³/mol. The van der Waals surface area contributed by atoms with Crippen LogP contribution in [0, 0.1) is 47.3 Å².